The zero-order valence-electron chi connectivity index (χ0n) is 45.8. The van der Waals surface area contributed by atoms with Crippen LogP contribution < -0.4 is 8.79 Å². The van der Waals surface area contributed by atoms with Gasteiger partial charge < -0.3 is 0 Å². The molecule has 0 heterocycles. The summed E-state index contributed by atoms with van der Waals surface area (Å²) >= 11 is 0.705. The van der Waals surface area contributed by atoms with Crippen molar-refractivity contribution in [3.63, 3.8) is 0 Å². The topological polar surface area (TPSA) is 0 Å². The van der Waals surface area contributed by atoms with Crippen molar-refractivity contribution in [1.29, 1.82) is 0 Å². The van der Waals surface area contributed by atoms with E-state index < -0.39 is 91.9 Å². The van der Waals surface area contributed by atoms with Crippen LogP contribution in [0.5, 0.6) is 0 Å². The summed E-state index contributed by atoms with van der Waals surface area (Å²) in [6, 6.07) is 11.5. The third-order valence-corrected chi connectivity index (χ3v) is 74.2. The minimum atomic E-state index is -1.81. The van der Waals surface area contributed by atoms with Crippen LogP contribution in [-0.2, 0) is 10.8 Å². The molecule has 0 amide bonds. The Morgan fingerprint density at radius 2 is 0.600 bits per heavy atom. The van der Waals surface area contributed by atoms with Crippen LogP contribution in [0.4, 0.5) is 0 Å². The Bertz CT molecular complexity index is 1670. The molecule has 0 spiro atoms. The van der Waals surface area contributed by atoms with Crippen molar-refractivity contribution in [2.75, 3.05) is 0 Å². The Labute approximate surface area is 402 Å². The van der Waals surface area contributed by atoms with Crippen molar-refractivity contribution in [3.05, 3.63) is 57.6 Å². The maximum absolute atomic E-state index is 2.91. The van der Waals surface area contributed by atoms with Gasteiger partial charge in [-0.3, -0.25) is 0 Å². The Kier molecular flexibility index (Phi) is 18.4. The molecule has 0 fully saturated rings. The molecular formula is C49H100Ge3Si8. The van der Waals surface area contributed by atoms with Gasteiger partial charge in [0.2, 0.25) is 0 Å². The van der Waals surface area contributed by atoms with E-state index in [1.807, 2.05) is 31.0 Å². The number of hydrogen-bond donors (Lipinski definition) is 0. The van der Waals surface area contributed by atoms with E-state index in [1.165, 1.54) is 4.09 Å². The number of hydrogen-bond acceptors (Lipinski definition) is 0. The predicted molar refractivity (Wildman–Crippen MR) is 309 cm³/mol. The molecule has 0 aliphatic rings. The van der Waals surface area contributed by atoms with Gasteiger partial charge in [0.25, 0.3) is 0 Å². The molecule has 2 aromatic carbocycles. The second-order valence-corrected chi connectivity index (χ2v) is 90.9. The first-order chi connectivity index (χ1) is 26.0. The van der Waals surface area contributed by atoms with E-state index in [9.17, 15) is 0 Å². The zero-order valence-corrected chi connectivity index (χ0v) is 60.1. The van der Waals surface area contributed by atoms with Gasteiger partial charge >= 0.3 is 407 Å². The Balaban J connectivity index is 3.41. The van der Waals surface area contributed by atoms with Gasteiger partial charge in [0.1, 0.15) is 0 Å². The first-order valence-corrected chi connectivity index (χ1v) is 63.9. The van der Waals surface area contributed by atoms with Crippen molar-refractivity contribution < 1.29 is 0 Å². The Hall–Kier alpha value is 1.80. The van der Waals surface area contributed by atoms with Crippen LogP contribution in [0.1, 0.15) is 95.6 Å². The fraction of sp³-hybridized carbons (Fsp3) is 0.755. The molecule has 2 rings (SSSR count). The van der Waals surface area contributed by atoms with Crippen molar-refractivity contribution in [2.45, 2.75) is 234 Å². The number of rotatable bonds is 16. The minimum absolute atomic E-state index is 0.140. The number of benzene rings is 2. The van der Waals surface area contributed by atoms with Crippen LogP contribution in [0.2, 0.25) is 161 Å². The standard InChI is InChI=1S/C49H100Ge3Si8/c1-48(2,3)36-31-38(44(53(7,8)9)54(10,11)12)42(39(32-36)45(55(13,14)15)56(16,17)18)51-35-52(50)43-40(46(57(19,20)21)58(22,23)24)33-37(49(4,5)6)34-41(43)47(59(25,26)27)60(28,29)30/h31-34,44-47H,35H2,1-30H3. The summed E-state index contributed by atoms with van der Waals surface area (Å²) in [6.07, 6.45) is 0. The first-order valence-electron chi connectivity index (χ1n) is 23.7. The average Bonchev–Trinajstić information content (AvgIpc) is 2.89. The summed E-state index contributed by atoms with van der Waals surface area (Å²) in [7, 11) is -12.6. The molecule has 2 aromatic rings. The second kappa shape index (κ2) is 19.1. The Morgan fingerprint density at radius 1 is 0.400 bits per heavy atom. The molecule has 0 aromatic heterocycles. The molecular weight excluding hydrogens is 1030 g/mol. The molecule has 0 saturated heterocycles. The van der Waals surface area contributed by atoms with Gasteiger partial charge in [-0.2, -0.15) is 0 Å². The monoisotopic (exact) mass is 1130 g/mol. The van der Waals surface area contributed by atoms with Crippen molar-refractivity contribution in [2.24, 2.45) is 0 Å². The molecule has 0 aliphatic heterocycles. The van der Waals surface area contributed by atoms with Crippen LogP contribution in [-0.4, -0.2) is 106 Å². The van der Waals surface area contributed by atoms with Gasteiger partial charge in [-0.1, -0.05) is 0 Å². The normalized spacial score (nSPS) is 15.0. The first kappa shape index (κ1) is 57.9. The Morgan fingerprint density at radius 3 is 0.800 bits per heavy atom. The summed E-state index contributed by atoms with van der Waals surface area (Å²) < 4.78 is 5.53. The van der Waals surface area contributed by atoms with E-state index in [-0.39, 0.29) is 10.8 Å². The molecule has 0 saturated carbocycles. The van der Waals surface area contributed by atoms with Crippen molar-refractivity contribution >= 4 is 115 Å². The summed E-state index contributed by atoms with van der Waals surface area (Å²) in [5.74, 6) is 0. The van der Waals surface area contributed by atoms with Crippen LogP contribution >= 0.6 is 0 Å². The molecule has 11 heteroatoms. The fourth-order valence-corrected chi connectivity index (χ4v) is 85.4. The summed E-state index contributed by atoms with van der Waals surface area (Å²) in [4.78, 5) is 0. The van der Waals surface area contributed by atoms with Crippen LogP contribution in [0.3, 0.4) is 0 Å². The maximum atomic E-state index is 2.91. The van der Waals surface area contributed by atoms with E-state index in [4.69, 9.17) is 0 Å². The second-order valence-electron chi connectivity index (χ2n) is 30.1. The summed E-state index contributed by atoms with van der Waals surface area (Å²) in [5.41, 5.74) is 11.1. The zero-order chi connectivity index (χ0) is 47.7. The van der Waals surface area contributed by atoms with E-state index in [0.717, 1.165) is 20.7 Å². The van der Waals surface area contributed by atoms with E-state index in [1.54, 1.807) is 11.1 Å². The van der Waals surface area contributed by atoms with Crippen molar-refractivity contribution in [1.82, 2.24) is 0 Å². The van der Waals surface area contributed by atoms with Gasteiger partial charge in [-0.25, -0.2) is 0 Å². The molecule has 0 N–H and O–H groups in total. The summed E-state index contributed by atoms with van der Waals surface area (Å²) in [5, 5.41) is 3.10. The molecule has 60 heavy (non-hydrogen) atoms. The van der Waals surface area contributed by atoms with Gasteiger partial charge in [-0.05, 0) is 0 Å². The van der Waals surface area contributed by atoms with Gasteiger partial charge in [0.05, 0.1) is 0 Å². The average molecular weight is 1130 g/mol. The third-order valence-electron chi connectivity index (χ3n) is 13.0. The summed E-state index contributed by atoms with van der Waals surface area (Å²) in [6.45, 7) is 80.6. The van der Waals surface area contributed by atoms with Crippen LogP contribution in [0.25, 0.3) is 0 Å². The van der Waals surface area contributed by atoms with Gasteiger partial charge in [0.15, 0.2) is 0 Å². The SMILES string of the molecule is CC(C)(C)c1cc(C([Si](C)(C)C)[Si](C)(C)C)[c]([Ge][CH2][Ge](=[Ge])[c]2c(C([Si](C)(C)C)[Si](C)(C)C)cc(C(C)(C)C)cc2C([Si](C)(C)C)[Si](C)(C)C)c(C([Si](C)(C)C)[Si](C)(C)C)c1. The van der Waals surface area contributed by atoms with Crippen LogP contribution in [0, 0.1) is 0 Å². The molecule has 0 bridgehead atoms. The van der Waals surface area contributed by atoms with E-state index in [2.05, 4.69) is 237 Å². The molecule has 4 radical (unpaired) electrons. The van der Waals surface area contributed by atoms with Crippen molar-refractivity contribution in [3.8, 4) is 0 Å². The molecule has 0 aliphatic carbocycles. The van der Waals surface area contributed by atoms with Gasteiger partial charge in [0, 0.05) is 0 Å². The predicted octanol–water partition coefficient (Wildman–Crippen LogP) is 15.0. The van der Waals surface area contributed by atoms with Crippen LogP contribution in [0.15, 0.2) is 24.3 Å². The van der Waals surface area contributed by atoms with E-state index >= 15 is 0 Å². The molecule has 0 unspecified atom stereocenters. The van der Waals surface area contributed by atoms with E-state index in [0.29, 0.717) is 0 Å². The molecule has 0 nitrogen and oxygen atoms in total. The fourth-order valence-electron chi connectivity index (χ4n) is 12.9. The molecule has 340 valence electrons. The van der Waals surface area contributed by atoms with Gasteiger partial charge in [-0.15, -0.1) is 0 Å². The molecule has 0 atom stereocenters. The quantitative estimate of drug-likeness (QED) is 0.147. The third kappa shape index (κ3) is 14.7.